The Morgan fingerprint density at radius 3 is 2.83 bits per heavy atom. The summed E-state index contributed by atoms with van der Waals surface area (Å²) in [4.78, 5) is 21.9. The highest BCUT2D eigenvalue weighted by Gasteiger charge is 2.51. The van der Waals surface area contributed by atoms with E-state index in [0.717, 1.165) is 25.3 Å². The first-order valence-electron chi connectivity index (χ1n) is 5.95. The van der Waals surface area contributed by atoms with Gasteiger partial charge < -0.3 is 9.64 Å². The van der Waals surface area contributed by atoms with Crippen LogP contribution >= 0.6 is 11.8 Å². The number of hydrogen-bond donors (Lipinski definition) is 0. The molecule has 1 atom stereocenters. The first kappa shape index (κ1) is 11.9. The highest BCUT2D eigenvalue weighted by Crippen LogP contribution is 2.46. The zero-order chi connectivity index (χ0) is 12.6. The van der Waals surface area contributed by atoms with Crippen molar-refractivity contribution in [3.8, 4) is 0 Å². The lowest BCUT2D eigenvalue weighted by Gasteiger charge is -2.47. The summed E-state index contributed by atoms with van der Waals surface area (Å²) in [5, 5.41) is 0. The van der Waals surface area contributed by atoms with Crippen molar-refractivity contribution in [3.05, 3.63) is 24.3 Å². The molecule has 0 radical (unpaired) electrons. The molecule has 3 heterocycles. The first-order valence-corrected chi connectivity index (χ1v) is 6.94. The van der Waals surface area contributed by atoms with Crippen LogP contribution in [0.5, 0.6) is 0 Å². The van der Waals surface area contributed by atoms with Crippen LogP contribution in [-0.2, 0) is 4.74 Å². The van der Waals surface area contributed by atoms with Crippen molar-refractivity contribution in [2.45, 2.75) is 17.3 Å². The van der Waals surface area contributed by atoms with Crippen LogP contribution in [0.4, 0.5) is 0 Å². The van der Waals surface area contributed by atoms with Gasteiger partial charge in [-0.2, -0.15) is 0 Å². The third-order valence-corrected chi connectivity index (χ3v) is 5.09. The van der Waals surface area contributed by atoms with E-state index < -0.39 is 0 Å². The molecule has 1 spiro atoms. The Hall–Kier alpha value is -1.14. The van der Waals surface area contributed by atoms with E-state index in [-0.39, 0.29) is 10.7 Å². The van der Waals surface area contributed by atoms with E-state index in [0.29, 0.717) is 11.9 Å². The summed E-state index contributed by atoms with van der Waals surface area (Å²) in [6.07, 6.45) is 4.57. The zero-order valence-corrected chi connectivity index (χ0v) is 11.0. The minimum Gasteiger partial charge on any atom is -0.381 e. The largest absolute Gasteiger partial charge is 0.381 e. The predicted molar refractivity (Wildman–Crippen MR) is 68.5 cm³/mol. The molecule has 96 valence electrons. The van der Waals surface area contributed by atoms with Gasteiger partial charge >= 0.3 is 0 Å². The molecule has 6 heteroatoms. The van der Waals surface area contributed by atoms with Crippen molar-refractivity contribution in [1.29, 1.82) is 0 Å². The highest BCUT2D eigenvalue weighted by molar-refractivity contribution is 8.01. The third-order valence-electron chi connectivity index (χ3n) is 3.51. The van der Waals surface area contributed by atoms with Gasteiger partial charge in [0.05, 0.1) is 10.9 Å². The molecule has 0 aliphatic carbocycles. The van der Waals surface area contributed by atoms with E-state index in [1.807, 2.05) is 16.7 Å². The maximum Gasteiger partial charge on any atom is 0.291 e. The average molecular weight is 265 g/mol. The molecule has 5 nitrogen and oxygen atoms in total. The lowest BCUT2D eigenvalue weighted by atomic mass is 9.93. The molecule has 2 aliphatic heterocycles. The van der Waals surface area contributed by atoms with E-state index in [4.69, 9.17) is 4.74 Å². The lowest BCUT2D eigenvalue weighted by Crippen LogP contribution is -2.61. The van der Waals surface area contributed by atoms with Gasteiger partial charge in [-0.15, -0.1) is 11.8 Å². The third kappa shape index (κ3) is 1.99. The van der Waals surface area contributed by atoms with Gasteiger partial charge in [-0.1, -0.05) is 0 Å². The topological polar surface area (TPSA) is 55.3 Å². The van der Waals surface area contributed by atoms with E-state index in [1.54, 1.807) is 25.6 Å². The van der Waals surface area contributed by atoms with Gasteiger partial charge in [-0.25, -0.2) is 9.97 Å². The molecule has 2 fully saturated rings. The van der Waals surface area contributed by atoms with Gasteiger partial charge in [-0.3, -0.25) is 4.79 Å². The number of aromatic nitrogens is 2. The molecule has 1 amide bonds. The molecule has 0 bridgehead atoms. The Morgan fingerprint density at radius 1 is 1.50 bits per heavy atom. The Morgan fingerprint density at radius 2 is 2.22 bits per heavy atom. The molecule has 1 unspecified atom stereocenters. The predicted octanol–water partition coefficient (Wildman–Crippen LogP) is 0.823. The molecule has 1 aromatic heterocycles. The molecule has 1 aromatic rings. The van der Waals surface area contributed by atoms with Crippen LogP contribution in [0.3, 0.4) is 0 Å². The van der Waals surface area contributed by atoms with Crippen molar-refractivity contribution in [2.24, 2.45) is 0 Å². The second-order valence-corrected chi connectivity index (χ2v) is 6.28. The van der Waals surface area contributed by atoms with Crippen molar-refractivity contribution in [1.82, 2.24) is 14.9 Å². The van der Waals surface area contributed by atoms with E-state index >= 15 is 0 Å². The molecular formula is C12H15N3O2S. The molecule has 2 aliphatic rings. The molecule has 0 N–H and O–H groups in total. The van der Waals surface area contributed by atoms with Crippen LogP contribution in [0.25, 0.3) is 0 Å². The van der Waals surface area contributed by atoms with Gasteiger partial charge in [-0.05, 0) is 12.5 Å². The number of ether oxygens (including phenoxy) is 1. The highest BCUT2D eigenvalue weighted by atomic mass is 32.2. The smallest absolute Gasteiger partial charge is 0.291 e. The number of rotatable bonds is 2. The van der Waals surface area contributed by atoms with Gasteiger partial charge in [0.2, 0.25) is 5.82 Å². The number of carbonyl (C=O) groups excluding carboxylic acids is 1. The Labute approximate surface area is 110 Å². The second-order valence-electron chi connectivity index (χ2n) is 4.79. The Balaban J connectivity index is 1.61. The van der Waals surface area contributed by atoms with Crippen LogP contribution in [0, 0.1) is 0 Å². The SMILES string of the molecule is COC1CSC2(C1)CN(C(=O)c1ncccn1)C2. The lowest BCUT2D eigenvalue weighted by molar-refractivity contribution is 0.0441. The molecule has 18 heavy (non-hydrogen) atoms. The van der Waals surface area contributed by atoms with Crippen LogP contribution in [0.15, 0.2) is 18.5 Å². The number of amides is 1. The average Bonchev–Trinajstić information content (AvgIpc) is 2.82. The van der Waals surface area contributed by atoms with Gasteiger partial charge in [0.15, 0.2) is 0 Å². The maximum absolute atomic E-state index is 12.1. The zero-order valence-electron chi connectivity index (χ0n) is 10.2. The fraction of sp³-hybridized carbons (Fsp3) is 0.583. The molecule has 0 aromatic carbocycles. The molecule has 3 rings (SSSR count). The van der Waals surface area contributed by atoms with Crippen molar-refractivity contribution < 1.29 is 9.53 Å². The molecule has 0 saturated carbocycles. The standard InChI is InChI=1S/C12H15N3O2S/c1-17-9-5-12(18-6-9)7-15(8-12)11(16)10-13-3-2-4-14-10/h2-4,9H,5-8H2,1H3. The van der Waals surface area contributed by atoms with Crippen LogP contribution in [0.1, 0.15) is 17.0 Å². The van der Waals surface area contributed by atoms with Crippen LogP contribution in [-0.4, -0.2) is 57.6 Å². The van der Waals surface area contributed by atoms with Crippen LogP contribution in [0.2, 0.25) is 0 Å². The summed E-state index contributed by atoms with van der Waals surface area (Å²) in [6, 6.07) is 1.71. The van der Waals surface area contributed by atoms with Crippen LogP contribution < -0.4 is 0 Å². The van der Waals surface area contributed by atoms with Crippen molar-refractivity contribution >= 4 is 17.7 Å². The minimum absolute atomic E-state index is 0.0670. The van der Waals surface area contributed by atoms with Gasteiger partial charge in [0.25, 0.3) is 5.91 Å². The summed E-state index contributed by atoms with van der Waals surface area (Å²) in [5.74, 6) is 1.25. The fourth-order valence-electron chi connectivity index (χ4n) is 2.52. The summed E-state index contributed by atoms with van der Waals surface area (Å²) in [7, 11) is 1.75. The van der Waals surface area contributed by atoms with E-state index in [9.17, 15) is 4.79 Å². The second kappa shape index (κ2) is 4.51. The fourth-order valence-corrected chi connectivity index (χ4v) is 4.11. The quantitative estimate of drug-likeness (QED) is 0.792. The summed E-state index contributed by atoms with van der Waals surface area (Å²) >= 11 is 1.92. The summed E-state index contributed by atoms with van der Waals surface area (Å²) in [5.41, 5.74) is 0. The first-order chi connectivity index (χ1) is 8.72. The number of methoxy groups -OCH3 is 1. The van der Waals surface area contributed by atoms with Crippen molar-refractivity contribution in [3.63, 3.8) is 0 Å². The molecular weight excluding hydrogens is 250 g/mol. The van der Waals surface area contributed by atoms with E-state index in [2.05, 4.69) is 9.97 Å². The normalized spacial score (nSPS) is 25.2. The van der Waals surface area contributed by atoms with Gasteiger partial charge in [0, 0.05) is 38.3 Å². The Bertz CT molecular complexity index is 448. The minimum atomic E-state index is -0.0670. The Kier molecular flexibility index (Phi) is 2.99. The number of thioether (sulfide) groups is 1. The van der Waals surface area contributed by atoms with E-state index in [1.165, 1.54) is 0 Å². The maximum atomic E-state index is 12.1. The summed E-state index contributed by atoms with van der Waals surface area (Å²) < 4.78 is 5.59. The number of hydrogen-bond acceptors (Lipinski definition) is 5. The number of nitrogens with zero attached hydrogens (tertiary/aromatic N) is 3. The summed E-state index contributed by atoms with van der Waals surface area (Å²) in [6.45, 7) is 1.57. The number of likely N-dealkylation sites (tertiary alicyclic amines) is 1. The monoisotopic (exact) mass is 265 g/mol. The molecule has 2 saturated heterocycles. The van der Waals surface area contributed by atoms with Gasteiger partial charge in [0.1, 0.15) is 0 Å². The van der Waals surface area contributed by atoms with Crippen molar-refractivity contribution in [2.75, 3.05) is 26.0 Å². The number of carbonyl (C=O) groups is 1.